The molecule has 28 heavy (non-hydrogen) atoms. The molecule has 0 aliphatic carbocycles. The molecule has 1 amide bonds. The second-order valence-electron chi connectivity index (χ2n) is 6.40. The molecule has 0 atom stereocenters. The van der Waals surface area contributed by atoms with Gasteiger partial charge >= 0.3 is 0 Å². The molecule has 0 aliphatic heterocycles. The van der Waals surface area contributed by atoms with E-state index in [1.807, 2.05) is 54.6 Å². The van der Waals surface area contributed by atoms with Gasteiger partial charge in [-0.1, -0.05) is 60.1 Å². The second-order valence-corrected chi connectivity index (χ2v) is 7.89. The minimum absolute atomic E-state index is 0.0947. The lowest BCUT2D eigenvalue weighted by Gasteiger charge is -2.05. The topological polar surface area (TPSA) is 51.1 Å². The highest BCUT2D eigenvalue weighted by Gasteiger charge is 2.14. The van der Waals surface area contributed by atoms with Gasteiger partial charge in [0.15, 0.2) is 0 Å². The molecule has 2 heterocycles. The first-order chi connectivity index (χ1) is 13.6. The van der Waals surface area contributed by atoms with E-state index in [1.165, 1.54) is 11.3 Å². The molecule has 4 rings (SSSR count). The SMILES string of the molecule is O=C(NCc1ccccc1Cl)c1cc2c(=O)n(Cc3ccccc3)ccc2s1. The van der Waals surface area contributed by atoms with Crippen LogP contribution in [0.2, 0.25) is 5.02 Å². The minimum Gasteiger partial charge on any atom is -0.347 e. The number of rotatable bonds is 5. The van der Waals surface area contributed by atoms with Gasteiger partial charge in [-0.25, -0.2) is 0 Å². The minimum atomic E-state index is -0.213. The predicted molar refractivity (Wildman–Crippen MR) is 114 cm³/mol. The summed E-state index contributed by atoms with van der Waals surface area (Å²) < 4.78 is 2.47. The number of benzene rings is 2. The van der Waals surface area contributed by atoms with Gasteiger partial charge < -0.3 is 9.88 Å². The third-order valence-electron chi connectivity index (χ3n) is 4.47. The van der Waals surface area contributed by atoms with Crippen LogP contribution in [0, 0.1) is 0 Å². The molecule has 4 aromatic rings. The lowest BCUT2D eigenvalue weighted by atomic mass is 10.2. The summed E-state index contributed by atoms with van der Waals surface area (Å²) in [7, 11) is 0. The third-order valence-corrected chi connectivity index (χ3v) is 5.94. The normalized spacial score (nSPS) is 10.9. The number of hydrogen-bond acceptors (Lipinski definition) is 3. The van der Waals surface area contributed by atoms with Crippen LogP contribution in [-0.4, -0.2) is 10.5 Å². The highest BCUT2D eigenvalue weighted by molar-refractivity contribution is 7.20. The summed E-state index contributed by atoms with van der Waals surface area (Å²) in [6.07, 6.45) is 1.78. The number of halogens is 1. The van der Waals surface area contributed by atoms with Gasteiger partial charge in [0.05, 0.1) is 16.8 Å². The molecule has 2 aromatic carbocycles. The number of pyridine rings is 1. The number of carbonyl (C=O) groups excluding carboxylic acids is 1. The van der Waals surface area contributed by atoms with Crippen molar-refractivity contribution < 1.29 is 4.79 Å². The third kappa shape index (κ3) is 3.86. The summed E-state index contributed by atoms with van der Waals surface area (Å²) in [4.78, 5) is 25.9. The number of fused-ring (bicyclic) bond motifs is 1. The Bertz CT molecular complexity index is 1200. The predicted octanol–water partition coefficient (Wildman–Crippen LogP) is 4.69. The zero-order chi connectivity index (χ0) is 19.5. The van der Waals surface area contributed by atoms with Crippen molar-refractivity contribution in [3.05, 3.63) is 104 Å². The second kappa shape index (κ2) is 8.00. The number of nitrogens with zero attached hydrogens (tertiary/aromatic N) is 1. The highest BCUT2D eigenvalue weighted by atomic mass is 35.5. The summed E-state index contributed by atoms with van der Waals surface area (Å²) in [6.45, 7) is 0.838. The average Bonchev–Trinajstić information content (AvgIpc) is 3.15. The molecule has 4 nitrogen and oxygen atoms in total. The lowest BCUT2D eigenvalue weighted by molar-refractivity contribution is 0.0955. The molecule has 0 unspecified atom stereocenters. The largest absolute Gasteiger partial charge is 0.347 e. The van der Waals surface area contributed by atoms with Crippen molar-refractivity contribution in [3.63, 3.8) is 0 Å². The smallest absolute Gasteiger partial charge is 0.261 e. The first kappa shape index (κ1) is 18.5. The maximum absolute atomic E-state index is 12.8. The molecule has 0 saturated heterocycles. The van der Waals surface area contributed by atoms with Crippen LogP contribution in [-0.2, 0) is 13.1 Å². The van der Waals surface area contributed by atoms with Gasteiger partial charge in [-0.05, 0) is 29.3 Å². The van der Waals surface area contributed by atoms with Crippen LogP contribution in [0.4, 0.5) is 0 Å². The summed E-state index contributed by atoms with van der Waals surface area (Å²) in [5.41, 5.74) is 1.81. The van der Waals surface area contributed by atoms with E-state index in [-0.39, 0.29) is 11.5 Å². The summed E-state index contributed by atoms with van der Waals surface area (Å²) >= 11 is 7.45. The monoisotopic (exact) mass is 408 g/mol. The Hall–Kier alpha value is -2.89. The molecule has 6 heteroatoms. The van der Waals surface area contributed by atoms with E-state index in [2.05, 4.69) is 5.32 Å². The van der Waals surface area contributed by atoms with E-state index in [0.29, 0.717) is 28.4 Å². The van der Waals surface area contributed by atoms with Gasteiger partial charge in [-0.2, -0.15) is 0 Å². The highest BCUT2D eigenvalue weighted by Crippen LogP contribution is 2.23. The number of aromatic nitrogens is 1. The van der Waals surface area contributed by atoms with Gasteiger partial charge in [0.25, 0.3) is 11.5 Å². The summed E-state index contributed by atoms with van der Waals surface area (Å²) in [5, 5.41) is 4.04. The van der Waals surface area contributed by atoms with Gasteiger partial charge in [0.2, 0.25) is 0 Å². The van der Waals surface area contributed by atoms with Crippen molar-refractivity contribution in [2.24, 2.45) is 0 Å². The van der Waals surface area contributed by atoms with Gasteiger partial charge in [-0.3, -0.25) is 9.59 Å². The molecule has 0 spiro atoms. The zero-order valence-electron chi connectivity index (χ0n) is 14.9. The number of hydrogen-bond donors (Lipinski definition) is 1. The van der Waals surface area contributed by atoms with Crippen molar-refractivity contribution in [1.29, 1.82) is 0 Å². The molecular formula is C22H17ClN2O2S. The number of carbonyl (C=O) groups is 1. The average molecular weight is 409 g/mol. The van der Waals surface area contributed by atoms with Crippen molar-refractivity contribution in [3.8, 4) is 0 Å². The maximum atomic E-state index is 12.8. The first-order valence-electron chi connectivity index (χ1n) is 8.80. The first-order valence-corrected chi connectivity index (χ1v) is 10.00. The van der Waals surface area contributed by atoms with E-state index in [4.69, 9.17) is 11.6 Å². The van der Waals surface area contributed by atoms with E-state index in [0.717, 1.165) is 15.8 Å². The molecule has 2 aromatic heterocycles. The van der Waals surface area contributed by atoms with Crippen LogP contribution in [0.5, 0.6) is 0 Å². The Labute approximate surface area is 171 Å². The molecule has 0 saturated carbocycles. The van der Waals surface area contributed by atoms with E-state index < -0.39 is 0 Å². The van der Waals surface area contributed by atoms with Crippen LogP contribution in [0.15, 0.2) is 77.7 Å². The Kier molecular flexibility index (Phi) is 5.28. The van der Waals surface area contributed by atoms with Gasteiger partial charge in [0, 0.05) is 22.5 Å². The lowest BCUT2D eigenvalue weighted by Crippen LogP contribution is -2.22. The van der Waals surface area contributed by atoms with Gasteiger partial charge in [0.1, 0.15) is 0 Å². The molecule has 0 aliphatic rings. The fourth-order valence-electron chi connectivity index (χ4n) is 3.00. The number of amides is 1. The van der Waals surface area contributed by atoms with Crippen LogP contribution in [0.25, 0.3) is 10.1 Å². The zero-order valence-corrected chi connectivity index (χ0v) is 16.5. The maximum Gasteiger partial charge on any atom is 0.261 e. The summed E-state index contributed by atoms with van der Waals surface area (Å²) in [5.74, 6) is -0.213. The van der Waals surface area contributed by atoms with Crippen molar-refractivity contribution >= 4 is 38.9 Å². The van der Waals surface area contributed by atoms with Gasteiger partial charge in [-0.15, -0.1) is 11.3 Å². The van der Waals surface area contributed by atoms with Crippen molar-refractivity contribution in [2.75, 3.05) is 0 Å². The van der Waals surface area contributed by atoms with Crippen LogP contribution in [0.1, 0.15) is 20.8 Å². The van der Waals surface area contributed by atoms with Crippen LogP contribution < -0.4 is 10.9 Å². The number of nitrogens with one attached hydrogen (secondary N) is 1. The summed E-state index contributed by atoms with van der Waals surface area (Å²) in [6, 6.07) is 20.8. The molecule has 140 valence electrons. The Morgan fingerprint density at radius 3 is 2.57 bits per heavy atom. The van der Waals surface area contributed by atoms with Crippen LogP contribution >= 0.6 is 22.9 Å². The van der Waals surface area contributed by atoms with E-state index in [9.17, 15) is 9.59 Å². The Balaban J connectivity index is 1.56. The molecular weight excluding hydrogens is 392 g/mol. The van der Waals surface area contributed by atoms with Crippen molar-refractivity contribution in [2.45, 2.75) is 13.1 Å². The Morgan fingerprint density at radius 2 is 1.79 bits per heavy atom. The Morgan fingerprint density at radius 1 is 1.04 bits per heavy atom. The number of thiophene rings is 1. The molecule has 0 radical (unpaired) electrons. The quantitative estimate of drug-likeness (QED) is 0.520. The molecule has 0 bridgehead atoms. The standard InChI is InChI=1S/C22H17ClN2O2S/c23-18-9-5-4-8-16(18)13-24-21(26)20-12-17-19(28-20)10-11-25(22(17)27)14-15-6-2-1-3-7-15/h1-12H,13-14H2,(H,24,26). The molecule has 0 fully saturated rings. The fourth-order valence-corrected chi connectivity index (χ4v) is 4.16. The van der Waals surface area contributed by atoms with Crippen molar-refractivity contribution in [1.82, 2.24) is 9.88 Å². The molecule has 1 N–H and O–H groups in total. The van der Waals surface area contributed by atoms with E-state index in [1.54, 1.807) is 22.9 Å². The van der Waals surface area contributed by atoms with Crippen LogP contribution in [0.3, 0.4) is 0 Å². The fraction of sp³-hybridized carbons (Fsp3) is 0.0909. The van der Waals surface area contributed by atoms with E-state index >= 15 is 0 Å².